The molecule has 1 aromatic carbocycles. The van der Waals surface area contributed by atoms with Gasteiger partial charge in [0.05, 0.1) is 11.3 Å². The predicted octanol–water partition coefficient (Wildman–Crippen LogP) is 3.30. The molecule has 0 spiro atoms. The first-order chi connectivity index (χ1) is 7.98. The van der Waals surface area contributed by atoms with Gasteiger partial charge in [0.2, 0.25) is 0 Å². The Morgan fingerprint density at radius 1 is 1.06 bits per heavy atom. The molecule has 1 heterocycles. The van der Waals surface area contributed by atoms with Crippen LogP contribution >= 0.6 is 0 Å². The van der Waals surface area contributed by atoms with Crippen LogP contribution in [-0.2, 0) is 6.18 Å². The quantitative estimate of drug-likeness (QED) is 0.717. The zero-order valence-electron chi connectivity index (χ0n) is 8.37. The molecule has 0 saturated carbocycles. The summed E-state index contributed by atoms with van der Waals surface area (Å²) in [4.78, 5) is 0. The van der Waals surface area contributed by atoms with Crippen molar-refractivity contribution in [2.24, 2.45) is 0 Å². The fourth-order valence-electron chi connectivity index (χ4n) is 1.36. The van der Waals surface area contributed by atoms with Gasteiger partial charge in [-0.1, -0.05) is 0 Å². The SMILES string of the molecule is Fc1ccc(-c2cccnn2)cc1C(F)(F)F. The summed E-state index contributed by atoms with van der Waals surface area (Å²) in [6.45, 7) is 0. The van der Waals surface area contributed by atoms with E-state index in [1.165, 1.54) is 18.3 Å². The molecule has 0 aliphatic rings. The third kappa shape index (κ3) is 2.41. The number of rotatable bonds is 1. The minimum atomic E-state index is -4.72. The topological polar surface area (TPSA) is 25.8 Å². The molecule has 2 rings (SSSR count). The molecule has 88 valence electrons. The zero-order chi connectivity index (χ0) is 12.5. The average molecular weight is 242 g/mol. The lowest BCUT2D eigenvalue weighted by Crippen LogP contribution is -2.08. The van der Waals surface area contributed by atoms with Gasteiger partial charge in [0.25, 0.3) is 0 Å². The standard InChI is InChI=1S/C11H6F4N2/c12-9-4-3-7(6-8(9)11(13,14)15)10-2-1-5-16-17-10/h1-6H. The Morgan fingerprint density at radius 3 is 2.41 bits per heavy atom. The maximum Gasteiger partial charge on any atom is 0.419 e. The summed E-state index contributed by atoms with van der Waals surface area (Å²) in [6.07, 6.45) is -3.32. The smallest absolute Gasteiger partial charge is 0.206 e. The predicted molar refractivity (Wildman–Crippen MR) is 52.4 cm³/mol. The number of alkyl halides is 3. The van der Waals surface area contributed by atoms with E-state index in [1.807, 2.05) is 0 Å². The molecule has 0 bridgehead atoms. The van der Waals surface area contributed by atoms with Crippen LogP contribution in [0.2, 0.25) is 0 Å². The summed E-state index contributed by atoms with van der Waals surface area (Å²) in [5.41, 5.74) is -0.870. The third-order valence-corrected chi connectivity index (χ3v) is 2.14. The lowest BCUT2D eigenvalue weighted by Gasteiger charge is -2.09. The molecule has 0 N–H and O–H groups in total. The van der Waals surface area contributed by atoms with E-state index < -0.39 is 17.6 Å². The van der Waals surface area contributed by atoms with Crippen molar-refractivity contribution in [1.29, 1.82) is 0 Å². The number of halogens is 4. The summed E-state index contributed by atoms with van der Waals surface area (Å²) in [7, 11) is 0. The van der Waals surface area contributed by atoms with Gasteiger partial charge in [-0.15, -0.1) is 0 Å². The van der Waals surface area contributed by atoms with Gasteiger partial charge in [-0.05, 0) is 30.3 Å². The monoisotopic (exact) mass is 242 g/mol. The van der Waals surface area contributed by atoms with Crippen LogP contribution in [-0.4, -0.2) is 10.2 Å². The molecule has 17 heavy (non-hydrogen) atoms. The Labute approximate surface area is 93.9 Å². The molecule has 0 saturated heterocycles. The highest BCUT2D eigenvalue weighted by Gasteiger charge is 2.34. The van der Waals surface area contributed by atoms with Gasteiger partial charge >= 0.3 is 6.18 Å². The van der Waals surface area contributed by atoms with Gasteiger partial charge in [-0.25, -0.2) is 4.39 Å². The van der Waals surface area contributed by atoms with Crippen molar-refractivity contribution in [3.8, 4) is 11.3 Å². The highest BCUT2D eigenvalue weighted by Crippen LogP contribution is 2.33. The molecule has 0 radical (unpaired) electrons. The minimum Gasteiger partial charge on any atom is -0.206 e. The first-order valence-electron chi connectivity index (χ1n) is 4.63. The Balaban J connectivity index is 2.53. The van der Waals surface area contributed by atoms with E-state index in [1.54, 1.807) is 6.07 Å². The second-order valence-corrected chi connectivity index (χ2v) is 3.30. The zero-order valence-corrected chi connectivity index (χ0v) is 8.37. The van der Waals surface area contributed by atoms with E-state index >= 15 is 0 Å². The molecule has 0 atom stereocenters. The number of nitrogens with zero attached hydrogens (tertiary/aromatic N) is 2. The van der Waals surface area contributed by atoms with E-state index in [2.05, 4.69) is 10.2 Å². The normalized spacial score (nSPS) is 11.5. The van der Waals surface area contributed by atoms with Gasteiger partial charge in [0.1, 0.15) is 5.82 Å². The maximum atomic E-state index is 13.0. The fourth-order valence-corrected chi connectivity index (χ4v) is 1.36. The first-order valence-corrected chi connectivity index (χ1v) is 4.63. The number of hydrogen-bond donors (Lipinski definition) is 0. The van der Waals surface area contributed by atoms with E-state index in [9.17, 15) is 17.6 Å². The molecule has 2 aromatic rings. The Morgan fingerprint density at radius 2 is 1.82 bits per heavy atom. The molecule has 0 unspecified atom stereocenters. The van der Waals surface area contributed by atoms with Gasteiger partial charge < -0.3 is 0 Å². The Kier molecular flexibility index (Phi) is 2.79. The summed E-state index contributed by atoms with van der Waals surface area (Å²) < 4.78 is 50.4. The van der Waals surface area contributed by atoms with E-state index in [0.29, 0.717) is 0 Å². The summed E-state index contributed by atoms with van der Waals surface area (Å²) >= 11 is 0. The van der Waals surface area contributed by atoms with Crippen LogP contribution in [0, 0.1) is 5.82 Å². The molecule has 0 fully saturated rings. The highest BCUT2D eigenvalue weighted by molar-refractivity contribution is 5.59. The van der Waals surface area contributed by atoms with E-state index in [0.717, 1.165) is 12.1 Å². The van der Waals surface area contributed by atoms with Gasteiger partial charge in [-0.3, -0.25) is 0 Å². The lowest BCUT2D eigenvalue weighted by atomic mass is 10.1. The molecule has 6 heteroatoms. The van der Waals surface area contributed by atoms with Crippen LogP contribution in [0.15, 0.2) is 36.5 Å². The molecule has 0 aliphatic carbocycles. The number of aromatic nitrogens is 2. The molecule has 2 nitrogen and oxygen atoms in total. The third-order valence-electron chi connectivity index (χ3n) is 2.14. The first kappa shape index (κ1) is 11.5. The van der Waals surface area contributed by atoms with E-state index in [-0.39, 0.29) is 11.3 Å². The van der Waals surface area contributed by atoms with E-state index in [4.69, 9.17) is 0 Å². The summed E-state index contributed by atoms with van der Waals surface area (Å²) in [5.74, 6) is -1.30. The Hall–Kier alpha value is -1.98. The lowest BCUT2D eigenvalue weighted by molar-refractivity contribution is -0.139. The van der Waals surface area contributed by atoms with Gasteiger partial charge in [0.15, 0.2) is 0 Å². The van der Waals surface area contributed by atoms with Gasteiger partial charge in [0, 0.05) is 11.8 Å². The number of hydrogen-bond acceptors (Lipinski definition) is 2. The van der Waals surface area contributed by atoms with Gasteiger partial charge in [-0.2, -0.15) is 23.4 Å². The number of benzene rings is 1. The van der Waals surface area contributed by atoms with Crippen molar-refractivity contribution in [3.05, 3.63) is 47.9 Å². The summed E-state index contributed by atoms with van der Waals surface area (Å²) in [6, 6.07) is 5.76. The average Bonchev–Trinajstić information content (AvgIpc) is 2.29. The van der Waals surface area contributed by atoms with Crippen molar-refractivity contribution in [2.45, 2.75) is 6.18 Å². The largest absolute Gasteiger partial charge is 0.419 e. The van der Waals surface area contributed by atoms with Crippen molar-refractivity contribution in [3.63, 3.8) is 0 Å². The van der Waals surface area contributed by atoms with Crippen molar-refractivity contribution >= 4 is 0 Å². The second-order valence-electron chi connectivity index (χ2n) is 3.30. The van der Waals surface area contributed by atoms with Crippen LogP contribution < -0.4 is 0 Å². The minimum absolute atomic E-state index is 0.173. The van der Waals surface area contributed by atoms with Crippen LogP contribution in [0.5, 0.6) is 0 Å². The van der Waals surface area contributed by atoms with Crippen molar-refractivity contribution in [1.82, 2.24) is 10.2 Å². The van der Waals surface area contributed by atoms with Crippen LogP contribution in [0.25, 0.3) is 11.3 Å². The highest BCUT2D eigenvalue weighted by atomic mass is 19.4. The molecule has 1 aromatic heterocycles. The molecular weight excluding hydrogens is 236 g/mol. The summed E-state index contributed by atoms with van der Waals surface area (Å²) in [5, 5.41) is 7.21. The van der Waals surface area contributed by atoms with Crippen molar-refractivity contribution in [2.75, 3.05) is 0 Å². The molecule has 0 amide bonds. The van der Waals surface area contributed by atoms with Crippen LogP contribution in [0.1, 0.15) is 5.56 Å². The molecular formula is C11H6F4N2. The van der Waals surface area contributed by atoms with Crippen LogP contribution in [0.4, 0.5) is 17.6 Å². The fraction of sp³-hybridized carbons (Fsp3) is 0.0909. The Bertz CT molecular complexity index is 523. The second kappa shape index (κ2) is 4.12. The maximum absolute atomic E-state index is 13.0. The van der Waals surface area contributed by atoms with Crippen LogP contribution in [0.3, 0.4) is 0 Å². The molecule has 0 aliphatic heterocycles. The van der Waals surface area contributed by atoms with Crippen molar-refractivity contribution < 1.29 is 17.6 Å².